The first-order valence-corrected chi connectivity index (χ1v) is 7.07. The van der Waals surface area contributed by atoms with Gasteiger partial charge in [-0.3, -0.25) is 4.79 Å². The van der Waals surface area contributed by atoms with Gasteiger partial charge in [0.05, 0.1) is 0 Å². The van der Waals surface area contributed by atoms with E-state index in [1.165, 1.54) is 0 Å². The fourth-order valence-electron chi connectivity index (χ4n) is 2.83. The lowest BCUT2D eigenvalue weighted by molar-refractivity contribution is -0.171. The number of rotatable bonds is 3. The molecular weight excluding hydrogens is 271 g/mol. The van der Waals surface area contributed by atoms with Crippen LogP contribution in [0.2, 0.25) is 0 Å². The number of alkyl halides is 3. The Morgan fingerprint density at radius 3 is 2.45 bits per heavy atom. The number of nitrogens with zero attached hydrogens (tertiary/aromatic N) is 1. The molecule has 1 saturated heterocycles. The molecule has 1 heterocycles. The van der Waals surface area contributed by atoms with E-state index in [-0.39, 0.29) is 17.9 Å². The predicted molar refractivity (Wildman–Crippen MR) is 68.1 cm³/mol. The average Bonchev–Trinajstić information content (AvgIpc) is 2.45. The van der Waals surface area contributed by atoms with Crippen molar-refractivity contribution < 1.29 is 22.7 Å². The number of amides is 1. The molecule has 1 atom stereocenters. The Labute approximate surface area is 116 Å². The minimum Gasteiger partial charge on any atom is -0.381 e. The fourth-order valence-corrected chi connectivity index (χ4v) is 2.83. The second-order valence-corrected chi connectivity index (χ2v) is 5.41. The number of halogens is 3. The Hall–Kier alpha value is -1.04. The summed E-state index contributed by atoms with van der Waals surface area (Å²) < 4.78 is 43.4. The van der Waals surface area contributed by atoms with Crippen LogP contribution in [0, 0.1) is 5.92 Å². The molecular formula is C14H20F3NO2. The maximum absolute atomic E-state index is 12.7. The minimum absolute atomic E-state index is 0.301. The Morgan fingerprint density at radius 2 is 1.90 bits per heavy atom. The summed E-state index contributed by atoms with van der Waals surface area (Å²) in [5.74, 6) is -0.649. The lowest BCUT2D eigenvalue weighted by atomic mass is 9.92. The van der Waals surface area contributed by atoms with Crippen molar-refractivity contribution in [2.24, 2.45) is 5.92 Å². The molecule has 20 heavy (non-hydrogen) atoms. The number of ether oxygens (including phenoxy) is 1. The Morgan fingerprint density at radius 1 is 1.20 bits per heavy atom. The van der Waals surface area contributed by atoms with Crippen LogP contribution in [-0.2, 0) is 9.53 Å². The van der Waals surface area contributed by atoms with Gasteiger partial charge in [-0.05, 0) is 32.1 Å². The van der Waals surface area contributed by atoms with Gasteiger partial charge in [0.25, 0.3) is 0 Å². The monoisotopic (exact) mass is 291 g/mol. The second kappa shape index (κ2) is 6.61. The predicted octanol–water partition coefficient (Wildman–Crippen LogP) is 2.91. The van der Waals surface area contributed by atoms with Crippen molar-refractivity contribution in [3.63, 3.8) is 0 Å². The molecule has 0 radical (unpaired) electrons. The summed E-state index contributed by atoms with van der Waals surface area (Å²) in [6.45, 7) is -0.287. The maximum atomic E-state index is 12.7. The first-order chi connectivity index (χ1) is 9.47. The average molecular weight is 291 g/mol. The first-order valence-electron chi connectivity index (χ1n) is 7.07. The van der Waals surface area contributed by atoms with Crippen LogP contribution in [0.1, 0.15) is 32.1 Å². The quantitative estimate of drug-likeness (QED) is 0.748. The van der Waals surface area contributed by atoms with Crippen LogP contribution in [0.5, 0.6) is 0 Å². The van der Waals surface area contributed by atoms with Gasteiger partial charge in [-0.25, -0.2) is 0 Å². The van der Waals surface area contributed by atoms with Crippen molar-refractivity contribution in [3.05, 3.63) is 12.2 Å². The Balaban J connectivity index is 2.07. The molecule has 1 fully saturated rings. The highest BCUT2D eigenvalue weighted by atomic mass is 19.4. The third-order valence-corrected chi connectivity index (χ3v) is 3.88. The highest BCUT2D eigenvalue weighted by Gasteiger charge is 2.39. The standard InChI is InChI=1S/C14H20F3NO2/c15-14(16,17)10-18(12-6-8-20-9-7-12)13(19)11-4-2-1-3-5-11/h1-2,11-12H,3-10H2. The number of carbonyl (C=O) groups is 1. The summed E-state index contributed by atoms with van der Waals surface area (Å²) in [7, 11) is 0. The summed E-state index contributed by atoms with van der Waals surface area (Å²) in [5, 5.41) is 0. The number of carbonyl (C=O) groups excluding carboxylic acids is 1. The van der Waals surface area contributed by atoms with Gasteiger partial charge in [-0.15, -0.1) is 0 Å². The number of hydrogen-bond donors (Lipinski definition) is 0. The molecule has 114 valence electrons. The molecule has 0 aromatic heterocycles. The first kappa shape index (κ1) is 15.4. The van der Waals surface area contributed by atoms with Crippen LogP contribution < -0.4 is 0 Å². The molecule has 1 amide bonds. The third-order valence-electron chi connectivity index (χ3n) is 3.88. The smallest absolute Gasteiger partial charge is 0.381 e. The normalized spacial score (nSPS) is 24.6. The fraction of sp³-hybridized carbons (Fsp3) is 0.786. The zero-order valence-corrected chi connectivity index (χ0v) is 11.4. The number of hydrogen-bond acceptors (Lipinski definition) is 2. The van der Waals surface area contributed by atoms with Crippen LogP contribution in [0.25, 0.3) is 0 Å². The molecule has 0 saturated carbocycles. The Bertz CT molecular complexity index is 362. The summed E-state index contributed by atoms with van der Waals surface area (Å²) in [5.41, 5.74) is 0. The van der Waals surface area contributed by atoms with Crippen LogP contribution in [0.4, 0.5) is 13.2 Å². The minimum atomic E-state index is -4.35. The van der Waals surface area contributed by atoms with E-state index in [9.17, 15) is 18.0 Å². The highest BCUT2D eigenvalue weighted by molar-refractivity contribution is 5.79. The second-order valence-electron chi connectivity index (χ2n) is 5.41. The van der Waals surface area contributed by atoms with Gasteiger partial charge in [0.15, 0.2) is 0 Å². The van der Waals surface area contributed by atoms with E-state index < -0.39 is 12.7 Å². The molecule has 3 nitrogen and oxygen atoms in total. The molecule has 0 N–H and O–H groups in total. The van der Waals surface area contributed by atoms with Crippen LogP contribution in [0.3, 0.4) is 0 Å². The van der Waals surface area contributed by atoms with Crippen molar-refractivity contribution in [1.29, 1.82) is 0 Å². The zero-order valence-electron chi connectivity index (χ0n) is 11.4. The van der Waals surface area contributed by atoms with Gasteiger partial charge in [0, 0.05) is 25.2 Å². The topological polar surface area (TPSA) is 29.5 Å². The van der Waals surface area contributed by atoms with Gasteiger partial charge in [-0.1, -0.05) is 12.2 Å². The van der Waals surface area contributed by atoms with Crippen molar-refractivity contribution in [2.45, 2.75) is 44.3 Å². The van der Waals surface area contributed by atoms with Gasteiger partial charge in [-0.2, -0.15) is 13.2 Å². The van der Waals surface area contributed by atoms with Crippen LogP contribution >= 0.6 is 0 Å². The summed E-state index contributed by atoms with van der Waals surface area (Å²) in [6.07, 6.45) is 2.47. The van der Waals surface area contributed by atoms with Gasteiger partial charge in [0.1, 0.15) is 6.54 Å². The van der Waals surface area contributed by atoms with Crippen molar-refractivity contribution in [1.82, 2.24) is 4.90 Å². The van der Waals surface area contributed by atoms with Gasteiger partial charge >= 0.3 is 6.18 Å². The molecule has 0 aromatic rings. The van der Waals surface area contributed by atoms with E-state index in [2.05, 4.69) is 0 Å². The third kappa shape index (κ3) is 4.23. The van der Waals surface area contributed by atoms with E-state index in [4.69, 9.17) is 4.74 Å². The van der Waals surface area contributed by atoms with Crippen molar-refractivity contribution in [2.75, 3.05) is 19.8 Å². The molecule has 1 aliphatic carbocycles. The van der Waals surface area contributed by atoms with Crippen molar-refractivity contribution in [3.8, 4) is 0 Å². The SMILES string of the molecule is O=C(C1CC=CCC1)N(CC(F)(F)F)C1CCOCC1. The van der Waals surface area contributed by atoms with Crippen molar-refractivity contribution >= 4 is 5.91 Å². The van der Waals surface area contributed by atoms with Crippen LogP contribution in [0.15, 0.2) is 12.2 Å². The summed E-state index contributed by atoms with van der Waals surface area (Å²) in [4.78, 5) is 13.5. The molecule has 1 aliphatic heterocycles. The lowest BCUT2D eigenvalue weighted by Gasteiger charge is -2.37. The molecule has 0 aromatic carbocycles. The molecule has 0 bridgehead atoms. The Kier molecular flexibility index (Phi) is 5.07. The summed E-state index contributed by atoms with van der Waals surface area (Å²) in [6, 6.07) is -0.344. The highest BCUT2D eigenvalue weighted by Crippen LogP contribution is 2.27. The van der Waals surface area contributed by atoms with E-state index in [1.54, 1.807) is 0 Å². The molecule has 1 unspecified atom stereocenters. The van der Waals surface area contributed by atoms with Gasteiger partial charge in [0.2, 0.25) is 5.91 Å². The van der Waals surface area contributed by atoms with E-state index in [0.29, 0.717) is 38.9 Å². The zero-order chi connectivity index (χ0) is 14.6. The van der Waals surface area contributed by atoms with Gasteiger partial charge < -0.3 is 9.64 Å². The number of allylic oxidation sites excluding steroid dienone is 2. The molecule has 6 heteroatoms. The van der Waals surface area contributed by atoms with Crippen LogP contribution in [-0.4, -0.2) is 42.8 Å². The van der Waals surface area contributed by atoms with E-state index >= 15 is 0 Å². The summed E-state index contributed by atoms with van der Waals surface area (Å²) >= 11 is 0. The van der Waals surface area contributed by atoms with E-state index in [0.717, 1.165) is 11.3 Å². The van der Waals surface area contributed by atoms with E-state index in [1.807, 2.05) is 12.2 Å². The lowest BCUT2D eigenvalue weighted by Crippen LogP contribution is -2.50. The molecule has 2 rings (SSSR count). The molecule has 0 spiro atoms. The largest absolute Gasteiger partial charge is 0.406 e. The maximum Gasteiger partial charge on any atom is 0.406 e. The molecule has 2 aliphatic rings.